The van der Waals surface area contributed by atoms with E-state index in [1.165, 1.54) is 0 Å². The summed E-state index contributed by atoms with van der Waals surface area (Å²) in [6.45, 7) is 0. The van der Waals surface area contributed by atoms with Crippen LogP contribution in [0, 0.1) is 0 Å². The Morgan fingerprint density at radius 3 is 2.46 bits per heavy atom. The van der Waals surface area contributed by atoms with Crippen molar-refractivity contribution in [2.45, 2.75) is 0 Å². The molecule has 1 aromatic carbocycles. The fraction of sp³-hybridized carbons (Fsp3) is 0. The molecule has 0 aliphatic heterocycles. The molecule has 0 radical (unpaired) electrons. The molecule has 1 heterocycles. The summed E-state index contributed by atoms with van der Waals surface area (Å²) in [6, 6.07) is 5.09. The molecule has 0 atom stereocenters. The van der Waals surface area contributed by atoms with Crippen LogP contribution in [0.1, 0.15) is 5.56 Å². The molecule has 0 unspecified atom stereocenters. The zero-order valence-electron chi connectivity index (χ0n) is 6.49. The number of hydrogen-bond donors (Lipinski definition) is 0. The standard InChI is InChI=1S/C9H5N2O.Au/c12-6-7-1-2-8-9(5-7)11-4-3-10-8;/h1-5H;/q-1;+1. The molecular formula is C9H5AuN2O. The molecule has 4 heteroatoms. The molecule has 0 bridgehead atoms. The molecule has 2 aromatic rings. The topological polar surface area (TPSA) is 42.9 Å². The van der Waals surface area contributed by atoms with Crippen LogP contribution in [0.3, 0.4) is 0 Å². The maximum absolute atomic E-state index is 10.3. The summed E-state index contributed by atoms with van der Waals surface area (Å²) in [6.07, 6.45) is 5.01. The summed E-state index contributed by atoms with van der Waals surface area (Å²) in [5.41, 5.74) is 2.01. The first-order valence-electron chi connectivity index (χ1n) is 3.49. The van der Waals surface area contributed by atoms with E-state index in [1.807, 2.05) is 0 Å². The third-order valence-corrected chi connectivity index (χ3v) is 1.59. The van der Waals surface area contributed by atoms with Crippen molar-refractivity contribution in [3.63, 3.8) is 0 Å². The monoisotopic (exact) mass is 354 g/mol. The van der Waals surface area contributed by atoms with Crippen molar-refractivity contribution in [3.05, 3.63) is 36.2 Å². The minimum Gasteiger partial charge on any atom is -0.376 e. The van der Waals surface area contributed by atoms with E-state index in [1.54, 1.807) is 36.9 Å². The fourth-order valence-corrected chi connectivity index (χ4v) is 1.03. The Morgan fingerprint density at radius 2 is 1.77 bits per heavy atom. The second kappa shape index (κ2) is 4.28. The molecule has 13 heavy (non-hydrogen) atoms. The number of fused-ring (bicyclic) bond motifs is 1. The Morgan fingerprint density at radius 1 is 1.08 bits per heavy atom. The van der Waals surface area contributed by atoms with Gasteiger partial charge in [-0.15, -0.1) is 11.6 Å². The molecule has 0 amide bonds. The first kappa shape index (κ1) is 10.1. The van der Waals surface area contributed by atoms with Crippen molar-refractivity contribution in [1.82, 2.24) is 9.97 Å². The van der Waals surface area contributed by atoms with E-state index in [2.05, 4.69) is 9.97 Å². The van der Waals surface area contributed by atoms with E-state index in [0.29, 0.717) is 5.56 Å². The number of nitrogens with zero attached hydrogens (tertiary/aromatic N) is 2. The van der Waals surface area contributed by atoms with Crippen molar-refractivity contribution in [3.8, 4) is 0 Å². The Balaban J connectivity index is 0.000000845. The van der Waals surface area contributed by atoms with E-state index in [0.717, 1.165) is 11.0 Å². The van der Waals surface area contributed by atoms with Gasteiger partial charge in [-0.25, -0.2) is 0 Å². The molecule has 0 aliphatic carbocycles. The molecule has 0 aliphatic rings. The van der Waals surface area contributed by atoms with Gasteiger partial charge in [0.2, 0.25) is 0 Å². The fourth-order valence-electron chi connectivity index (χ4n) is 1.03. The Bertz CT molecular complexity index is 431. The maximum atomic E-state index is 10.3. The van der Waals surface area contributed by atoms with Gasteiger partial charge >= 0.3 is 22.4 Å². The Hall–Kier alpha value is -1.03. The molecule has 0 fully saturated rings. The minimum absolute atomic E-state index is 0. The van der Waals surface area contributed by atoms with Gasteiger partial charge in [-0.3, -0.25) is 9.97 Å². The number of carbonyl (C=O) groups excluding carboxylic acids is 1. The van der Waals surface area contributed by atoms with Crippen LogP contribution in [-0.2, 0) is 27.2 Å². The predicted molar refractivity (Wildman–Crippen MR) is 44.3 cm³/mol. The minimum atomic E-state index is 0. The smallest absolute Gasteiger partial charge is 0.376 e. The van der Waals surface area contributed by atoms with Crippen molar-refractivity contribution in [1.29, 1.82) is 0 Å². The van der Waals surface area contributed by atoms with Crippen molar-refractivity contribution < 1.29 is 27.2 Å². The second-order valence-electron chi connectivity index (χ2n) is 2.36. The first-order valence-corrected chi connectivity index (χ1v) is 3.49. The van der Waals surface area contributed by atoms with Crippen LogP contribution in [0.5, 0.6) is 0 Å². The van der Waals surface area contributed by atoms with Gasteiger partial charge in [0.1, 0.15) is 0 Å². The third-order valence-electron chi connectivity index (χ3n) is 1.59. The summed E-state index contributed by atoms with van der Waals surface area (Å²) in [7, 11) is 0. The molecular weight excluding hydrogens is 349 g/mol. The van der Waals surface area contributed by atoms with Crippen LogP contribution in [0.4, 0.5) is 0 Å². The molecule has 0 saturated carbocycles. The molecule has 2 rings (SSSR count). The van der Waals surface area contributed by atoms with Gasteiger partial charge in [0.05, 0.1) is 11.8 Å². The Labute approximate surface area is 90.7 Å². The van der Waals surface area contributed by atoms with Crippen molar-refractivity contribution in [2.24, 2.45) is 0 Å². The van der Waals surface area contributed by atoms with Crippen LogP contribution in [0.15, 0.2) is 30.6 Å². The number of aromatic nitrogens is 2. The molecule has 0 saturated heterocycles. The van der Waals surface area contributed by atoms with Crippen LogP contribution < -0.4 is 0 Å². The van der Waals surface area contributed by atoms with Crippen molar-refractivity contribution in [2.75, 3.05) is 0 Å². The largest absolute Gasteiger partial charge is 1.00 e. The first-order chi connectivity index (χ1) is 5.90. The molecule has 1 aromatic heterocycles. The number of hydrogen-bond acceptors (Lipinski definition) is 3. The van der Waals surface area contributed by atoms with Gasteiger partial charge in [0, 0.05) is 17.9 Å². The zero-order chi connectivity index (χ0) is 8.39. The van der Waals surface area contributed by atoms with Gasteiger partial charge in [-0.05, 0) is 0 Å². The molecule has 3 nitrogen and oxygen atoms in total. The predicted octanol–water partition coefficient (Wildman–Crippen LogP) is 1.09. The van der Waals surface area contributed by atoms with Crippen LogP contribution in [0.2, 0.25) is 0 Å². The van der Waals surface area contributed by atoms with Gasteiger partial charge in [0.15, 0.2) is 0 Å². The second-order valence-corrected chi connectivity index (χ2v) is 2.36. The Kier molecular flexibility index (Phi) is 3.31. The number of benzene rings is 1. The van der Waals surface area contributed by atoms with Crippen LogP contribution in [0.25, 0.3) is 11.0 Å². The van der Waals surface area contributed by atoms with Gasteiger partial charge < -0.3 is 4.79 Å². The summed E-state index contributed by atoms with van der Waals surface area (Å²) >= 11 is 0. The normalized spacial score (nSPS) is 9.23. The average molecular weight is 354 g/mol. The zero-order valence-corrected chi connectivity index (χ0v) is 8.66. The summed E-state index contributed by atoms with van der Waals surface area (Å²) < 4.78 is 0. The van der Waals surface area contributed by atoms with E-state index >= 15 is 0 Å². The quantitative estimate of drug-likeness (QED) is 0.569. The van der Waals surface area contributed by atoms with Gasteiger partial charge in [-0.1, -0.05) is 6.07 Å². The van der Waals surface area contributed by atoms with Crippen molar-refractivity contribution >= 4 is 17.3 Å². The van der Waals surface area contributed by atoms with Crippen LogP contribution in [-0.4, -0.2) is 16.3 Å². The molecule has 0 spiro atoms. The maximum Gasteiger partial charge on any atom is 1.00 e. The van der Waals surface area contributed by atoms with Crippen LogP contribution >= 0.6 is 0 Å². The SMILES string of the molecule is O=[C-]c1ccc2nccnc2c1.[Au+]. The summed E-state index contributed by atoms with van der Waals surface area (Å²) in [5, 5.41) is 0. The van der Waals surface area contributed by atoms with E-state index in [9.17, 15) is 4.79 Å². The number of rotatable bonds is 1. The molecule has 0 N–H and O–H groups in total. The van der Waals surface area contributed by atoms with Gasteiger partial charge in [-0.2, -0.15) is 6.07 Å². The van der Waals surface area contributed by atoms with E-state index in [-0.39, 0.29) is 22.4 Å². The molecule has 68 valence electrons. The van der Waals surface area contributed by atoms with Gasteiger partial charge in [0.25, 0.3) is 0 Å². The average Bonchev–Trinajstić information content (AvgIpc) is 2.17. The summed E-state index contributed by atoms with van der Waals surface area (Å²) in [5.74, 6) is 0. The van der Waals surface area contributed by atoms with E-state index < -0.39 is 0 Å². The van der Waals surface area contributed by atoms with E-state index in [4.69, 9.17) is 0 Å². The summed E-state index contributed by atoms with van der Waals surface area (Å²) in [4.78, 5) is 18.4. The third kappa shape index (κ3) is 2.01.